The molecule has 0 amide bonds. The third-order valence-electron chi connectivity index (χ3n) is 5.51. The van der Waals surface area contributed by atoms with Crippen molar-refractivity contribution in [3.05, 3.63) is 41.5 Å². The predicted octanol–water partition coefficient (Wildman–Crippen LogP) is 3.03. The number of carbonyl (C=O) groups excluding carboxylic acids is 1. The Morgan fingerprint density at radius 3 is 2.58 bits per heavy atom. The van der Waals surface area contributed by atoms with Gasteiger partial charge in [0.15, 0.2) is 5.78 Å². The molecule has 19 heavy (non-hydrogen) atoms. The van der Waals surface area contributed by atoms with Gasteiger partial charge in [-0.05, 0) is 35.8 Å². The number of allylic oxidation sites excluding steroid dienone is 1. The van der Waals surface area contributed by atoms with Crippen molar-refractivity contribution in [2.75, 3.05) is 6.54 Å². The molecule has 3 rings (SSSR count). The minimum atomic E-state index is -0.321. The quantitative estimate of drug-likeness (QED) is 0.825. The van der Waals surface area contributed by atoms with Gasteiger partial charge in [0, 0.05) is 12.1 Å². The molecule has 2 aliphatic rings. The van der Waals surface area contributed by atoms with E-state index in [0.717, 1.165) is 24.0 Å². The first-order valence-electron chi connectivity index (χ1n) is 7.04. The van der Waals surface area contributed by atoms with Gasteiger partial charge in [-0.15, -0.1) is 0 Å². The lowest BCUT2D eigenvalue weighted by Crippen LogP contribution is -2.42. The SMILES string of the molecule is CC1(C)C2CCC1(CN)C(=O)C2=Cc1ccccc1. The highest BCUT2D eigenvalue weighted by molar-refractivity contribution is 6.08. The summed E-state index contributed by atoms with van der Waals surface area (Å²) < 4.78 is 0. The van der Waals surface area contributed by atoms with Crippen molar-refractivity contribution in [3.63, 3.8) is 0 Å². The van der Waals surface area contributed by atoms with E-state index in [0.29, 0.717) is 18.2 Å². The molecule has 2 N–H and O–H groups in total. The molecule has 2 bridgehead atoms. The molecule has 2 atom stereocenters. The molecule has 2 fully saturated rings. The fraction of sp³-hybridized carbons (Fsp3) is 0.471. The summed E-state index contributed by atoms with van der Waals surface area (Å²) in [7, 11) is 0. The maximum absolute atomic E-state index is 12.8. The van der Waals surface area contributed by atoms with Gasteiger partial charge < -0.3 is 5.73 Å². The molecule has 1 aromatic carbocycles. The number of hydrogen-bond donors (Lipinski definition) is 1. The van der Waals surface area contributed by atoms with Gasteiger partial charge in [0.1, 0.15) is 0 Å². The second kappa shape index (κ2) is 4.04. The number of nitrogens with two attached hydrogens (primary N) is 1. The molecule has 0 heterocycles. The number of carbonyl (C=O) groups is 1. The molecule has 100 valence electrons. The summed E-state index contributed by atoms with van der Waals surface area (Å²) in [5.41, 5.74) is 7.76. The summed E-state index contributed by atoms with van der Waals surface area (Å²) in [5, 5.41) is 0. The number of Topliss-reactive ketones (excluding diaryl/α,β-unsaturated/α-hetero) is 1. The lowest BCUT2D eigenvalue weighted by atomic mass is 9.69. The number of hydrogen-bond acceptors (Lipinski definition) is 2. The molecule has 1 aromatic rings. The first kappa shape index (κ1) is 12.6. The van der Waals surface area contributed by atoms with E-state index in [2.05, 4.69) is 19.9 Å². The molecule has 0 aliphatic heterocycles. The molecule has 0 radical (unpaired) electrons. The van der Waals surface area contributed by atoms with E-state index in [-0.39, 0.29) is 10.8 Å². The second-order valence-electron chi connectivity index (χ2n) is 6.44. The van der Waals surface area contributed by atoms with E-state index in [4.69, 9.17) is 5.73 Å². The smallest absolute Gasteiger partial charge is 0.167 e. The number of benzene rings is 1. The van der Waals surface area contributed by atoms with Gasteiger partial charge >= 0.3 is 0 Å². The van der Waals surface area contributed by atoms with Crippen LogP contribution in [-0.4, -0.2) is 12.3 Å². The number of fused-ring (bicyclic) bond motifs is 2. The summed E-state index contributed by atoms with van der Waals surface area (Å²) in [5.74, 6) is 0.656. The highest BCUT2D eigenvalue weighted by atomic mass is 16.1. The van der Waals surface area contributed by atoms with Gasteiger partial charge in [0.25, 0.3) is 0 Å². The van der Waals surface area contributed by atoms with Crippen LogP contribution in [0.25, 0.3) is 6.08 Å². The third-order valence-corrected chi connectivity index (χ3v) is 5.51. The summed E-state index contributed by atoms with van der Waals surface area (Å²) in [6.07, 6.45) is 4.12. The summed E-state index contributed by atoms with van der Waals surface area (Å²) in [4.78, 5) is 12.8. The number of ketones is 1. The molecular formula is C17H21NO. The van der Waals surface area contributed by atoms with E-state index < -0.39 is 0 Å². The Morgan fingerprint density at radius 2 is 2.00 bits per heavy atom. The molecule has 2 saturated carbocycles. The van der Waals surface area contributed by atoms with Crippen molar-refractivity contribution in [1.29, 1.82) is 0 Å². The predicted molar refractivity (Wildman–Crippen MR) is 77.4 cm³/mol. The van der Waals surface area contributed by atoms with Crippen LogP contribution in [0.1, 0.15) is 32.3 Å². The Morgan fingerprint density at radius 1 is 1.32 bits per heavy atom. The summed E-state index contributed by atoms with van der Waals surface area (Å²) in [6.45, 7) is 4.89. The van der Waals surface area contributed by atoms with Crippen LogP contribution in [0.2, 0.25) is 0 Å². The highest BCUT2D eigenvalue weighted by Crippen LogP contribution is 2.65. The van der Waals surface area contributed by atoms with Gasteiger partial charge in [-0.1, -0.05) is 44.2 Å². The van der Waals surface area contributed by atoms with Crippen LogP contribution < -0.4 is 5.73 Å². The Kier molecular flexibility index (Phi) is 2.68. The first-order chi connectivity index (χ1) is 9.03. The fourth-order valence-corrected chi connectivity index (χ4v) is 4.14. The monoisotopic (exact) mass is 255 g/mol. The van der Waals surface area contributed by atoms with Crippen molar-refractivity contribution in [2.24, 2.45) is 22.5 Å². The molecule has 2 heteroatoms. The minimum Gasteiger partial charge on any atom is -0.329 e. The Labute approximate surface area is 114 Å². The molecule has 2 nitrogen and oxygen atoms in total. The third kappa shape index (κ3) is 1.50. The zero-order valence-electron chi connectivity index (χ0n) is 11.6. The van der Waals surface area contributed by atoms with Gasteiger partial charge in [-0.2, -0.15) is 0 Å². The van der Waals surface area contributed by atoms with Gasteiger partial charge in [-0.3, -0.25) is 4.79 Å². The van der Waals surface area contributed by atoms with Crippen LogP contribution in [0.5, 0.6) is 0 Å². The molecule has 0 aromatic heterocycles. The van der Waals surface area contributed by atoms with Crippen LogP contribution in [-0.2, 0) is 4.79 Å². The van der Waals surface area contributed by atoms with Crippen LogP contribution in [0.4, 0.5) is 0 Å². The lowest BCUT2D eigenvalue weighted by Gasteiger charge is -2.34. The standard InChI is InChI=1S/C17H21NO/c1-16(2)14-8-9-17(16,11-18)15(19)13(14)10-12-6-4-3-5-7-12/h3-7,10,14H,8-9,11,18H2,1-2H3. The average Bonchev–Trinajstić information content (AvgIpc) is 2.75. The Hall–Kier alpha value is -1.41. The van der Waals surface area contributed by atoms with E-state index in [1.54, 1.807) is 0 Å². The normalized spacial score (nSPS) is 34.2. The van der Waals surface area contributed by atoms with Crippen LogP contribution in [0.15, 0.2) is 35.9 Å². The number of rotatable bonds is 2. The lowest BCUT2D eigenvalue weighted by molar-refractivity contribution is -0.125. The van der Waals surface area contributed by atoms with E-state index in [1.165, 1.54) is 0 Å². The fourth-order valence-electron chi connectivity index (χ4n) is 4.14. The molecule has 2 unspecified atom stereocenters. The maximum atomic E-state index is 12.8. The van der Waals surface area contributed by atoms with Crippen molar-refractivity contribution in [3.8, 4) is 0 Å². The van der Waals surface area contributed by atoms with Crippen molar-refractivity contribution in [1.82, 2.24) is 0 Å². The van der Waals surface area contributed by atoms with E-state index >= 15 is 0 Å². The minimum absolute atomic E-state index is 0.000549. The van der Waals surface area contributed by atoms with Crippen LogP contribution >= 0.6 is 0 Å². The zero-order chi connectivity index (χ0) is 13.7. The van der Waals surface area contributed by atoms with Gasteiger partial charge in [0.2, 0.25) is 0 Å². The van der Waals surface area contributed by atoms with Gasteiger partial charge in [-0.25, -0.2) is 0 Å². The Bertz CT molecular complexity index is 544. The van der Waals surface area contributed by atoms with Crippen molar-refractivity contribution in [2.45, 2.75) is 26.7 Å². The first-order valence-corrected chi connectivity index (χ1v) is 7.04. The van der Waals surface area contributed by atoms with E-state index in [1.807, 2.05) is 30.3 Å². The average molecular weight is 255 g/mol. The molecule has 0 spiro atoms. The van der Waals surface area contributed by atoms with Crippen LogP contribution in [0, 0.1) is 16.7 Å². The highest BCUT2D eigenvalue weighted by Gasteiger charge is 2.65. The zero-order valence-corrected chi connectivity index (χ0v) is 11.6. The maximum Gasteiger partial charge on any atom is 0.167 e. The topological polar surface area (TPSA) is 43.1 Å². The Balaban J connectivity index is 2.07. The molecule has 0 saturated heterocycles. The van der Waals surface area contributed by atoms with E-state index in [9.17, 15) is 4.79 Å². The second-order valence-corrected chi connectivity index (χ2v) is 6.44. The largest absolute Gasteiger partial charge is 0.329 e. The molecular weight excluding hydrogens is 234 g/mol. The van der Waals surface area contributed by atoms with Crippen molar-refractivity contribution < 1.29 is 4.79 Å². The van der Waals surface area contributed by atoms with Crippen LogP contribution in [0.3, 0.4) is 0 Å². The summed E-state index contributed by atoms with van der Waals surface area (Å²) in [6, 6.07) is 10.1. The van der Waals surface area contributed by atoms with Gasteiger partial charge in [0.05, 0.1) is 5.41 Å². The molecule has 2 aliphatic carbocycles. The van der Waals surface area contributed by atoms with Crippen molar-refractivity contribution >= 4 is 11.9 Å². The summed E-state index contributed by atoms with van der Waals surface area (Å²) >= 11 is 0.